The number of nitriles is 1. The number of hydrogen-bond acceptors (Lipinski definition) is 12. The predicted octanol–water partition coefficient (Wildman–Crippen LogP) is 8.39. The van der Waals surface area contributed by atoms with Crippen molar-refractivity contribution in [3.05, 3.63) is 115 Å². The molecule has 0 saturated carbocycles. The number of aromatic nitrogens is 1. The second kappa shape index (κ2) is 18.0. The highest BCUT2D eigenvalue weighted by Crippen LogP contribution is 2.35. The molecule has 4 aromatic rings. The van der Waals surface area contributed by atoms with Crippen molar-refractivity contribution in [1.82, 2.24) is 4.98 Å². The van der Waals surface area contributed by atoms with Crippen LogP contribution in [0.25, 0.3) is 17.0 Å². The predicted molar refractivity (Wildman–Crippen MR) is 212 cm³/mol. The monoisotopic (exact) mass is 753 g/mol. The summed E-state index contributed by atoms with van der Waals surface area (Å²) in [4.78, 5) is 59.7. The van der Waals surface area contributed by atoms with E-state index < -0.39 is 21.8 Å². The summed E-state index contributed by atoms with van der Waals surface area (Å²) >= 11 is 0. The van der Waals surface area contributed by atoms with Crippen molar-refractivity contribution in [3.63, 3.8) is 0 Å². The van der Waals surface area contributed by atoms with Gasteiger partial charge in [-0.25, -0.2) is 14.6 Å². The summed E-state index contributed by atoms with van der Waals surface area (Å²) in [7, 11) is 2.49. The summed E-state index contributed by atoms with van der Waals surface area (Å²) in [5.41, 5.74) is 17.7. The van der Waals surface area contributed by atoms with E-state index in [1.165, 1.54) is 24.3 Å². The van der Waals surface area contributed by atoms with Crippen LogP contribution in [0, 0.1) is 115 Å². The van der Waals surface area contributed by atoms with Gasteiger partial charge >= 0.3 is 11.9 Å². The lowest BCUT2D eigenvalue weighted by Gasteiger charge is -2.15. The third-order valence-electron chi connectivity index (χ3n) is 10.6. The normalized spacial score (nSPS) is 10.7. The molecule has 0 bridgehead atoms. The minimum Gasteiger partial charge on any atom is -0.465 e. The molecule has 0 fully saturated rings. The molecule has 0 spiro atoms. The van der Waals surface area contributed by atoms with Gasteiger partial charge in [-0.1, -0.05) is 0 Å². The zero-order valence-corrected chi connectivity index (χ0v) is 33.8. The van der Waals surface area contributed by atoms with Crippen molar-refractivity contribution in [1.29, 1.82) is 5.26 Å². The minimum atomic E-state index is -0.818. The van der Waals surface area contributed by atoms with Crippen LogP contribution < -0.4 is 5.73 Å². The van der Waals surface area contributed by atoms with Crippen LogP contribution in [0.5, 0.6) is 0 Å². The van der Waals surface area contributed by atoms with E-state index in [1.807, 2.05) is 41.5 Å². The first kappa shape index (κ1) is 44.7. The van der Waals surface area contributed by atoms with Gasteiger partial charge in [-0.2, -0.15) is 5.26 Å². The molecule has 2 N–H and O–H groups in total. The van der Waals surface area contributed by atoms with Crippen LogP contribution in [0.4, 0.5) is 17.2 Å². The van der Waals surface area contributed by atoms with Gasteiger partial charge < -0.3 is 15.2 Å². The van der Waals surface area contributed by atoms with Gasteiger partial charge in [0.15, 0.2) is 6.29 Å². The Morgan fingerprint density at radius 3 is 1.53 bits per heavy atom. The number of ether oxygens (including phenoxy) is 2. The average molecular weight is 754 g/mol. The highest BCUT2D eigenvalue weighted by atomic mass is 16.6. The van der Waals surface area contributed by atoms with Crippen LogP contribution >= 0.6 is 0 Å². The van der Waals surface area contributed by atoms with Crippen LogP contribution in [0.2, 0.25) is 0 Å². The molecule has 0 aliphatic heterocycles. The van der Waals surface area contributed by atoms with Gasteiger partial charge in [0.25, 0.3) is 11.4 Å². The van der Waals surface area contributed by atoms with Gasteiger partial charge in [-0.15, -0.1) is 0 Å². The first-order chi connectivity index (χ1) is 25.5. The zero-order chi connectivity index (χ0) is 42.4. The maximum Gasteiger partial charge on any atom is 0.348 e. The van der Waals surface area contributed by atoms with Crippen LogP contribution in [-0.4, -0.2) is 47.3 Å². The third kappa shape index (κ3) is 8.84. The molecule has 290 valence electrons. The molecule has 0 saturated heterocycles. The number of pyridine rings is 1. The lowest BCUT2D eigenvalue weighted by molar-refractivity contribution is -0.385. The van der Waals surface area contributed by atoms with Crippen molar-refractivity contribution >= 4 is 52.4 Å². The summed E-state index contributed by atoms with van der Waals surface area (Å²) in [6, 6.07) is 3.49. The second-order valence-corrected chi connectivity index (χ2v) is 13.1. The number of aldehydes is 1. The lowest BCUT2D eigenvalue weighted by Crippen LogP contribution is -2.09. The molecule has 1 heterocycles. The highest BCUT2D eigenvalue weighted by molar-refractivity contribution is 6.01. The molecule has 0 radical (unpaired) electrons. The number of carbonyl (C=O) groups excluding carboxylic acids is 3. The van der Waals surface area contributed by atoms with Crippen LogP contribution in [0.3, 0.4) is 0 Å². The smallest absolute Gasteiger partial charge is 0.348 e. The van der Waals surface area contributed by atoms with E-state index in [2.05, 4.69) is 23.6 Å². The molecule has 0 aliphatic rings. The minimum absolute atomic E-state index is 0.0643. The number of nitro groups is 2. The summed E-state index contributed by atoms with van der Waals surface area (Å²) in [5.74, 6) is -1.06. The van der Waals surface area contributed by atoms with Gasteiger partial charge in [-0.3, -0.25) is 25.0 Å². The van der Waals surface area contributed by atoms with E-state index in [-0.39, 0.29) is 33.9 Å². The Hall–Kier alpha value is -6.49. The zero-order valence-electron chi connectivity index (χ0n) is 33.8. The number of nitro benzene ring substituents is 2. The Morgan fingerprint density at radius 2 is 1.11 bits per heavy atom. The van der Waals surface area contributed by atoms with Crippen molar-refractivity contribution in [2.24, 2.45) is 0 Å². The van der Waals surface area contributed by atoms with Gasteiger partial charge in [0.1, 0.15) is 23.0 Å². The van der Waals surface area contributed by atoms with Crippen LogP contribution in [0.1, 0.15) is 93.0 Å². The first-order valence-electron chi connectivity index (χ1n) is 16.9. The first-order valence-corrected chi connectivity index (χ1v) is 16.9. The Labute approximate surface area is 320 Å². The molecule has 0 aliphatic carbocycles. The number of nitrogen functional groups attached to an aromatic ring is 1. The van der Waals surface area contributed by atoms with E-state index in [0.717, 1.165) is 51.4 Å². The number of carbonyl (C=O) groups is 3. The van der Waals surface area contributed by atoms with E-state index in [9.17, 15) is 34.6 Å². The molecule has 4 rings (SSSR count). The fourth-order valence-corrected chi connectivity index (χ4v) is 6.14. The Morgan fingerprint density at radius 1 is 0.691 bits per heavy atom. The molecule has 14 nitrogen and oxygen atoms in total. The maximum atomic E-state index is 11.7. The number of rotatable bonds is 6. The van der Waals surface area contributed by atoms with Crippen molar-refractivity contribution < 1.29 is 33.7 Å². The van der Waals surface area contributed by atoms with Crippen molar-refractivity contribution in [3.8, 4) is 6.07 Å². The van der Waals surface area contributed by atoms with E-state index in [4.69, 9.17) is 15.7 Å². The fraction of sp³-hybridized carbons (Fsp3) is 0.341. The molecular formula is C41H47N5O9. The van der Waals surface area contributed by atoms with Gasteiger partial charge in [0.2, 0.25) is 0 Å². The molecular weight excluding hydrogens is 706 g/mol. The Bertz CT molecular complexity index is 2350. The number of hydrogen-bond donors (Lipinski definition) is 1. The topological polar surface area (TPSA) is 219 Å². The largest absolute Gasteiger partial charge is 0.465 e. The number of fused-ring (bicyclic) bond motifs is 1. The molecule has 3 aromatic carbocycles. The second-order valence-electron chi connectivity index (χ2n) is 13.1. The van der Waals surface area contributed by atoms with Crippen LogP contribution in [0.15, 0.2) is 11.6 Å². The standard InChI is InChI=1S/C15H16N2O4.C15H18N2O2.C11H13NO3/c1-8-9(2)11(4)14(17(19)20)13(10(8)3)6-12(7-16)15(18)21-5;1-7-8(2)10(4)13-11(9(7)3)6-12(14(16)17-13)15(18)19-5;1-6-7(2)9(4)11(12(14)15)10(5-13)8(6)3/h6H,1-5H3;6H,1-5H3,(H2,16,17);5H,1-4H3/b12-6-;;. The van der Waals surface area contributed by atoms with E-state index in [1.54, 1.807) is 39.8 Å². The summed E-state index contributed by atoms with van der Waals surface area (Å²) < 4.78 is 9.23. The third-order valence-corrected chi connectivity index (χ3v) is 10.6. The number of esters is 2. The van der Waals surface area contributed by atoms with Gasteiger partial charge in [0.05, 0.1) is 40.7 Å². The molecule has 0 atom stereocenters. The van der Waals surface area contributed by atoms with Gasteiger partial charge in [-0.05, 0) is 151 Å². The molecule has 1 aromatic heterocycles. The van der Waals surface area contributed by atoms with E-state index >= 15 is 0 Å². The maximum absolute atomic E-state index is 11.7. The summed E-state index contributed by atoms with van der Waals surface area (Å²) in [6.45, 7) is 22.4. The fourth-order valence-electron chi connectivity index (χ4n) is 6.14. The van der Waals surface area contributed by atoms with Crippen molar-refractivity contribution in [2.75, 3.05) is 20.0 Å². The molecule has 0 amide bonds. The highest BCUT2D eigenvalue weighted by Gasteiger charge is 2.25. The van der Waals surface area contributed by atoms with E-state index in [0.29, 0.717) is 34.1 Å². The number of benzene rings is 3. The summed E-state index contributed by atoms with van der Waals surface area (Å²) in [5, 5.41) is 32.2. The average Bonchev–Trinajstić information content (AvgIpc) is 3.15. The Kier molecular flexibility index (Phi) is 14.6. The number of nitrogens with two attached hydrogens (primary N) is 1. The molecule has 55 heavy (non-hydrogen) atoms. The quantitative estimate of drug-likeness (QED) is 0.0490. The lowest BCUT2D eigenvalue weighted by atomic mass is 9.91. The SMILES string of the molecule is COC(=O)/C(C#N)=C\c1c(C)c(C)c(C)c(C)c1[N+](=O)[O-].COC(=O)c1cc2c(C)c(C)c(C)c(C)c2nc1N.Cc1c(C)c(C)c([N+](=O)[O-])c(C=O)c1C. The number of methoxy groups -OCH3 is 2. The molecule has 0 unspecified atom stereocenters. The van der Waals surface area contributed by atoms with Crippen LogP contribution in [-0.2, 0) is 14.3 Å². The molecule has 14 heteroatoms. The Balaban J connectivity index is 0.000000289. The van der Waals surface area contributed by atoms with Crippen molar-refractivity contribution in [2.45, 2.75) is 83.1 Å². The summed E-state index contributed by atoms with van der Waals surface area (Å²) in [6.07, 6.45) is 1.78. The number of anilines is 1. The van der Waals surface area contributed by atoms with Gasteiger partial charge in [0, 0.05) is 16.5 Å². The number of nitrogens with zero attached hydrogens (tertiary/aromatic N) is 4. The number of aryl methyl sites for hydroxylation is 2.